The smallest absolute Gasteiger partial charge is 0.324 e. The Bertz CT molecular complexity index is 136. The van der Waals surface area contributed by atoms with Gasteiger partial charge in [-0.05, 0) is 5.92 Å². The molecule has 0 aromatic rings. The van der Waals surface area contributed by atoms with E-state index in [0.29, 0.717) is 0 Å². The van der Waals surface area contributed by atoms with Gasteiger partial charge in [-0.2, -0.15) is 0 Å². The maximum Gasteiger partial charge on any atom is 0.324 e. The molecular formula is C7H16N2O2. The second kappa shape index (κ2) is 4.31. The normalized spacial score (nSPS) is 16.2. The molecule has 2 atom stereocenters. The largest absolute Gasteiger partial charge is 0.468 e. The van der Waals surface area contributed by atoms with E-state index in [9.17, 15) is 4.79 Å². The summed E-state index contributed by atoms with van der Waals surface area (Å²) < 4.78 is 4.44. The highest BCUT2D eigenvalue weighted by molar-refractivity contribution is 5.76. The van der Waals surface area contributed by atoms with Crippen LogP contribution in [0.1, 0.15) is 13.8 Å². The first-order chi connectivity index (χ1) is 5.00. The van der Waals surface area contributed by atoms with Crippen LogP contribution in [0.5, 0.6) is 0 Å². The van der Waals surface area contributed by atoms with Gasteiger partial charge in [0, 0.05) is 6.04 Å². The summed E-state index contributed by atoms with van der Waals surface area (Å²) in [5.41, 5.74) is 11.1. The molecule has 0 aromatic carbocycles. The van der Waals surface area contributed by atoms with Crippen LogP contribution in [0.3, 0.4) is 0 Å². The molecule has 0 rings (SSSR count). The fourth-order valence-corrected chi connectivity index (χ4v) is 0.708. The summed E-state index contributed by atoms with van der Waals surface area (Å²) >= 11 is 0. The van der Waals surface area contributed by atoms with Crippen molar-refractivity contribution in [2.24, 2.45) is 17.4 Å². The summed E-state index contributed by atoms with van der Waals surface area (Å²) in [6.45, 7) is 3.82. The van der Waals surface area contributed by atoms with Gasteiger partial charge < -0.3 is 16.2 Å². The highest BCUT2D eigenvalue weighted by atomic mass is 16.5. The summed E-state index contributed by atoms with van der Waals surface area (Å²) in [4.78, 5) is 10.8. The van der Waals surface area contributed by atoms with E-state index in [1.807, 2.05) is 13.8 Å². The van der Waals surface area contributed by atoms with Crippen LogP contribution in [0.4, 0.5) is 0 Å². The summed E-state index contributed by atoms with van der Waals surface area (Å²) in [7, 11) is 1.30. The van der Waals surface area contributed by atoms with Gasteiger partial charge in [0.1, 0.15) is 6.04 Å². The third-order valence-corrected chi connectivity index (χ3v) is 1.66. The van der Waals surface area contributed by atoms with Crippen LogP contribution in [0.15, 0.2) is 0 Å². The summed E-state index contributed by atoms with van der Waals surface area (Å²) in [6, 6.07) is -1.04. The molecule has 4 N–H and O–H groups in total. The molecular weight excluding hydrogens is 144 g/mol. The average Bonchev–Trinajstić information content (AvgIpc) is 2.00. The Hall–Kier alpha value is -0.610. The molecule has 0 amide bonds. The zero-order chi connectivity index (χ0) is 9.02. The molecule has 4 nitrogen and oxygen atoms in total. The zero-order valence-electron chi connectivity index (χ0n) is 7.20. The molecule has 0 fully saturated rings. The summed E-state index contributed by atoms with van der Waals surface area (Å²) in [6.07, 6.45) is 0. The summed E-state index contributed by atoms with van der Waals surface area (Å²) in [5.74, 6) is -0.268. The number of carbonyl (C=O) groups excluding carboxylic acids is 1. The number of rotatable bonds is 3. The van der Waals surface area contributed by atoms with Gasteiger partial charge in [-0.1, -0.05) is 13.8 Å². The van der Waals surface area contributed by atoms with Crippen LogP contribution in [-0.4, -0.2) is 25.2 Å². The van der Waals surface area contributed by atoms with Gasteiger partial charge in [0.05, 0.1) is 7.11 Å². The Morgan fingerprint density at radius 1 is 1.36 bits per heavy atom. The molecule has 0 aliphatic carbocycles. The van der Waals surface area contributed by atoms with Gasteiger partial charge in [-0.3, -0.25) is 4.79 Å². The minimum absolute atomic E-state index is 0.184. The van der Waals surface area contributed by atoms with E-state index >= 15 is 0 Å². The van der Waals surface area contributed by atoms with Crippen molar-refractivity contribution in [3.63, 3.8) is 0 Å². The molecule has 66 valence electrons. The van der Waals surface area contributed by atoms with Crippen LogP contribution in [-0.2, 0) is 9.53 Å². The second-order valence-corrected chi connectivity index (χ2v) is 2.87. The standard InChI is InChI=1S/C7H16N2O2/c1-4(2)5(8)6(9)7(10)11-3/h4-6H,8-9H2,1-3H3/t5-,6+/m0/s1. The molecule has 4 heteroatoms. The lowest BCUT2D eigenvalue weighted by molar-refractivity contribution is -0.142. The van der Waals surface area contributed by atoms with Gasteiger partial charge in [0.15, 0.2) is 0 Å². The van der Waals surface area contributed by atoms with Crippen molar-refractivity contribution < 1.29 is 9.53 Å². The third-order valence-electron chi connectivity index (χ3n) is 1.66. The van der Waals surface area contributed by atoms with Crippen molar-refractivity contribution in [1.82, 2.24) is 0 Å². The predicted octanol–water partition coefficient (Wildman–Crippen LogP) is -0.530. The molecule has 0 saturated carbocycles. The number of methoxy groups -OCH3 is 1. The molecule has 0 bridgehead atoms. The molecule has 0 aromatic heterocycles. The van der Waals surface area contributed by atoms with Gasteiger partial charge in [-0.15, -0.1) is 0 Å². The Morgan fingerprint density at radius 2 is 1.82 bits per heavy atom. The van der Waals surface area contributed by atoms with Crippen molar-refractivity contribution in [3.8, 4) is 0 Å². The molecule has 11 heavy (non-hydrogen) atoms. The molecule has 0 unspecified atom stereocenters. The Labute approximate surface area is 66.9 Å². The topological polar surface area (TPSA) is 78.3 Å². The minimum Gasteiger partial charge on any atom is -0.468 e. The van der Waals surface area contributed by atoms with Crippen molar-refractivity contribution in [1.29, 1.82) is 0 Å². The van der Waals surface area contributed by atoms with Crippen LogP contribution in [0.25, 0.3) is 0 Å². The fraction of sp³-hybridized carbons (Fsp3) is 0.857. The Balaban J connectivity index is 4.01. The van der Waals surface area contributed by atoms with Crippen LogP contribution < -0.4 is 11.5 Å². The van der Waals surface area contributed by atoms with E-state index in [4.69, 9.17) is 11.5 Å². The number of hydrogen-bond donors (Lipinski definition) is 2. The maximum absolute atomic E-state index is 10.8. The van der Waals surface area contributed by atoms with Crippen molar-refractivity contribution in [2.45, 2.75) is 25.9 Å². The number of ether oxygens (including phenoxy) is 1. The maximum atomic E-state index is 10.8. The number of carbonyl (C=O) groups is 1. The number of nitrogens with two attached hydrogens (primary N) is 2. The first kappa shape index (κ1) is 10.4. The molecule has 0 aliphatic heterocycles. The minimum atomic E-state index is -0.708. The Kier molecular flexibility index (Phi) is 4.07. The van der Waals surface area contributed by atoms with Crippen LogP contribution >= 0.6 is 0 Å². The van der Waals surface area contributed by atoms with E-state index < -0.39 is 12.0 Å². The van der Waals surface area contributed by atoms with Crippen molar-refractivity contribution in [3.05, 3.63) is 0 Å². The van der Waals surface area contributed by atoms with E-state index in [-0.39, 0.29) is 12.0 Å². The van der Waals surface area contributed by atoms with E-state index in [1.54, 1.807) is 0 Å². The van der Waals surface area contributed by atoms with Crippen molar-refractivity contribution in [2.75, 3.05) is 7.11 Å². The first-order valence-corrected chi connectivity index (χ1v) is 3.59. The Morgan fingerprint density at radius 3 is 2.09 bits per heavy atom. The van der Waals surface area contributed by atoms with Gasteiger partial charge >= 0.3 is 5.97 Å². The molecule has 0 radical (unpaired) electrons. The van der Waals surface area contributed by atoms with E-state index in [1.165, 1.54) is 7.11 Å². The predicted molar refractivity (Wildman–Crippen MR) is 42.8 cm³/mol. The highest BCUT2D eigenvalue weighted by Gasteiger charge is 2.23. The lowest BCUT2D eigenvalue weighted by Gasteiger charge is -2.20. The molecule has 0 heterocycles. The quantitative estimate of drug-likeness (QED) is 0.544. The monoisotopic (exact) mass is 160 g/mol. The molecule has 0 aliphatic rings. The lowest BCUT2D eigenvalue weighted by atomic mass is 9.98. The van der Waals surface area contributed by atoms with Gasteiger partial charge in [-0.25, -0.2) is 0 Å². The zero-order valence-corrected chi connectivity index (χ0v) is 7.20. The van der Waals surface area contributed by atoms with Gasteiger partial charge in [0.25, 0.3) is 0 Å². The number of hydrogen-bond acceptors (Lipinski definition) is 4. The van der Waals surface area contributed by atoms with Crippen LogP contribution in [0, 0.1) is 5.92 Å². The summed E-state index contributed by atoms with van der Waals surface area (Å²) in [5, 5.41) is 0. The SMILES string of the molecule is COC(=O)[C@H](N)[C@@H](N)C(C)C. The molecule has 0 spiro atoms. The molecule has 0 saturated heterocycles. The van der Waals surface area contributed by atoms with Crippen molar-refractivity contribution >= 4 is 5.97 Å². The fourth-order valence-electron chi connectivity index (χ4n) is 0.708. The second-order valence-electron chi connectivity index (χ2n) is 2.87. The first-order valence-electron chi connectivity index (χ1n) is 3.59. The van der Waals surface area contributed by atoms with E-state index in [0.717, 1.165) is 0 Å². The third kappa shape index (κ3) is 2.86. The van der Waals surface area contributed by atoms with Crippen LogP contribution in [0.2, 0.25) is 0 Å². The van der Waals surface area contributed by atoms with Gasteiger partial charge in [0.2, 0.25) is 0 Å². The average molecular weight is 160 g/mol. The lowest BCUT2D eigenvalue weighted by Crippen LogP contribution is -2.50. The number of esters is 1. The highest BCUT2D eigenvalue weighted by Crippen LogP contribution is 2.02. The van der Waals surface area contributed by atoms with E-state index in [2.05, 4.69) is 4.74 Å².